The van der Waals surface area contributed by atoms with E-state index in [4.69, 9.17) is 23.4 Å². The SMILES string of the molecule is CC[Si](CC)(CC)O[C@H](CC(=O)O[C@H](C(C)C)[C@H](C=O)OC)/C(C(=O)OCc1ccccc1)=C(\C)C(=O)OCc1ccccc1. The topological polar surface area (TPSA) is 114 Å². The first kappa shape index (κ1) is 37.6. The standard InChI is InChI=1S/C35H48O9Si/c1-8-45(9-2,10-3)44-29(21-31(37)43-33(25(4)5)30(22-36)40-7)32(35(39)42-24-28-19-15-12-16-20-28)26(6)34(38)41-23-27-17-13-11-14-18-27/h11-20,22,25,29-30,33H,8-10,21,23-24H2,1-7H3/b32-26-/t29-,30+,33-/m1/s1. The van der Waals surface area contributed by atoms with Gasteiger partial charge in [0.05, 0.1) is 18.1 Å². The normalized spacial score (nSPS) is 14.1. The maximum atomic E-state index is 13.9. The molecular weight excluding hydrogens is 592 g/mol. The molecule has 3 atom stereocenters. The van der Waals surface area contributed by atoms with Crippen LogP contribution in [-0.4, -0.2) is 57.9 Å². The fraction of sp³-hybridized carbons (Fsp3) is 0.486. The smallest absolute Gasteiger partial charge is 0.337 e. The molecular formula is C35H48O9Si. The molecule has 0 amide bonds. The number of hydrogen-bond acceptors (Lipinski definition) is 9. The lowest BCUT2D eigenvalue weighted by Crippen LogP contribution is -2.44. The molecule has 2 aromatic rings. The van der Waals surface area contributed by atoms with E-state index >= 15 is 0 Å². The Morgan fingerprint density at radius 1 is 0.800 bits per heavy atom. The van der Waals surface area contributed by atoms with Crippen molar-refractivity contribution in [3.05, 3.63) is 82.9 Å². The third-order valence-electron chi connectivity index (χ3n) is 8.01. The van der Waals surface area contributed by atoms with Gasteiger partial charge in [-0.1, -0.05) is 95.3 Å². The first-order valence-corrected chi connectivity index (χ1v) is 18.1. The van der Waals surface area contributed by atoms with Gasteiger partial charge in [0.15, 0.2) is 14.6 Å². The van der Waals surface area contributed by atoms with E-state index in [0.29, 0.717) is 6.29 Å². The number of carbonyl (C=O) groups excluding carboxylic acids is 4. The second kappa shape index (κ2) is 19.0. The highest BCUT2D eigenvalue weighted by molar-refractivity contribution is 6.73. The second-order valence-electron chi connectivity index (χ2n) is 11.3. The highest BCUT2D eigenvalue weighted by Gasteiger charge is 2.39. The number of esters is 3. The van der Waals surface area contributed by atoms with E-state index in [1.54, 1.807) is 0 Å². The lowest BCUT2D eigenvalue weighted by molar-refractivity contribution is -0.162. The van der Waals surface area contributed by atoms with Crippen LogP contribution in [0.3, 0.4) is 0 Å². The summed E-state index contributed by atoms with van der Waals surface area (Å²) in [6, 6.07) is 20.5. The Labute approximate surface area is 268 Å². The van der Waals surface area contributed by atoms with Gasteiger partial charge in [-0.25, -0.2) is 9.59 Å². The van der Waals surface area contributed by atoms with Crippen LogP contribution in [0, 0.1) is 5.92 Å². The van der Waals surface area contributed by atoms with Crippen LogP contribution in [-0.2, 0) is 55.8 Å². The summed E-state index contributed by atoms with van der Waals surface area (Å²) in [4.78, 5) is 52.5. The third-order valence-corrected chi connectivity index (χ3v) is 12.7. The first-order valence-electron chi connectivity index (χ1n) is 15.5. The zero-order valence-corrected chi connectivity index (χ0v) is 28.6. The van der Waals surface area contributed by atoms with Crippen LogP contribution in [0.5, 0.6) is 0 Å². The number of rotatable bonds is 19. The molecule has 0 saturated heterocycles. The Balaban J connectivity index is 2.55. The molecule has 0 saturated carbocycles. The van der Waals surface area contributed by atoms with E-state index in [2.05, 4.69) is 0 Å². The van der Waals surface area contributed by atoms with Crippen LogP contribution in [0.1, 0.15) is 59.1 Å². The summed E-state index contributed by atoms with van der Waals surface area (Å²) >= 11 is 0. The van der Waals surface area contributed by atoms with Crippen molar-refractivity contribution in [3.63, 3.8) is 0 Å². The maximum Gasteiger partial charge on any atom is 0.337 e. The molecule has 0 radical (unpaired) electrons. The number of ether oxygens (including phenoxy) is 4. The molecule has 0 unspecified atom stereocenters. The molecule has 0 bridgehead atoms. The van der Waals surface area contributed by atoms with Gasteiger partial charge in [0.1, 0.15) is 25.4 Å². The molecule has 0 spiro atoms. The Kier molecular flexibility index (Phi) is 15.9. The van der Waals surface area contributed by atoms with Crippen molar-refractivity contribution in [3.8, 4) is 0 Å². The van der Waals surface area contributed by atoms with Gasteiger partial charge >= 0.3 is 17.9 Å². The predicted octanol–water partition coefficient (Wildman–Crippen LogP) is 6.35. The zero-order chi connectivity index (χ0) is 33.4. The van der Waals surface area contributed by atoms with Crippen molar-refractivity contribution in [1.29, 1.82) is 0 Å². The minimum atomic E-state index is -2.47. The van der Waals surface area contributed by atoms with E-state index in [1.165, 1.54) is 14.0 Å². The van der Waals surface area contributed by atoms with E-state index in [1.807, 2.05) is 95.3 Å². The summed E-state index contributed by atoms with van der Waals surface area (Å²) in [6.07, 6.45) is -2.77. The maximum absolute atomic E-state index is 13.9. The predicted molar refractivity (Wildman–Crippen MR) is 173 cm³/mol. The molecule has 246 valence electrons. The van der Waals surface area contributed by atoms with Crippen molar-refractivity contribution in [1.82, 2.24) is 0 Å². The van der Waals surface area contributed by atoms with Crippen molar-refractivity contribution in [2.45, 2.75) is 97.6 Å². The number of aldehydes is 1. The van der Waals surface area contributed by atoms with Gasteiger partial charge in [0.2, 0.25) is 0 Å². The molecule has 10 heteroatoms. The van der Waals surface area contributed by atoms with Crippen LogP contribution in [0.15, 0.2) is 71.8 Å². The molecule has 0 aromatic heterocycles. The number of methoxy groups -OCH3 is 1. The highest BCUT2D eigenvalue weighted by atomic mass is 28.4. The van der Waals surface area contributed by atoms with Crippen LogP contribution in [0.4, 0.5) is 0 Å². The summed E-state index contributed by atoms with van der Waals surface area (Å²) in [7, 11) is -1.11. The Morgan fingerprint density at radius 2 is 1.29 bits per heavy atom. The number of carbonyl (C=O) groups is 4. The van der Waals surface area contributed by atoms with Crippen LogP contribution in [0.2, 0.25) is 18.1 Å². The lowest BCUT2D eigenvalue weighted by atomic mass is 10.00. The second-order valence-corrected chi connectivity index (χ2v) is 16.0. The fourth-order valence-electron chi connectivity index (χ4n) is 4.97. The Bertz CT molecular complexity index is 1250. The third kappa shape index (κ3) is 11.4. The van der Waals surface area contributed by atoms with Gasteiger partial charge in [-0.15, -0.1) is 0 Å². The molecule has 0 aliphatic rings. The van der Waals surface area contributed by atoms with Crippen molar-refractivity contribution in [2.75, 3.05) is 7.11 Å². The minimum Gasteiger partial charge on any atom is -0.459 e. The molecule has 2 rings (SSSR count). The van der Waals surface area contributed by atoms with Crippen molar-refractivity contribution < 1.29 is 42.6 Å². The van der Waals surface area contributed by atoms with E-state index < -0.39 is 44.5 Å². The zero-order valence-electron chi connectivity index (χ0n) is 27.6. The highest BCUT2D eigenvalue weighted by Crippen LogP contribution is 2.30. The molecule has 0 aliphatic heterocycles. The summed E-state index contributed by atoms with van der Waals surface area (Å²) in [5.74, 6) is -2.46. The van der Waals surface area contributed by atoms with E-state index in [9.17, 15) is 19.2 Å². The fourth-order valence-corrected chi connectivity index (χ4v) is 7.78. The average molecular weight is 641 g/mol. The van der Waals surface area contributed by atoms with Gasteiger partial charge < -0.3 is 28.2 Å². The molecule has 0 aliphatic carbocycles. The summed E-state index contributed by atoms with van der Waals surface area (Å²) in [5.41, 5.74) is 1.43. The largest absolute Gasteiger partial charge is 0.459 e. The van der Waals surface area contributed by atoms with Crippen molar-refractivity contribution in [2.24, 2.45) is 5.92 Å². The molecule has 0 N–H and O–H groups in total. The van der Waals surface area contributed by atoms with Crippen LogP contribution in [0.25, 0.3) is 0 Å². The van der Waals surface area contributed by atoms with Gasteiger partial charge in [0, 0.05) is 12.7 Å². The molecule has 9 nitrogen and oxygen atoms in total. The van der Waals surface area contributed by atoms with Crippen LogP contribution >= 0.6 is 0 Å². The summed E-state index contributed by atoms with van der Waals surface area (Å²) < 4.78 is 29.0. The molecule has 45 heavy (non-hydrogen) atoms. The monoisotopic (exact) mass is 640 g/mol. The molecule has 0 fully saturated rings. The Morgan fingerprint density at radius 3 is 1.71 bits per heavy atom. The first-order chi connectivity index (χ1) is 21.5. The van der Waals surface area contributed by atoms with Gasteiger partial charge in [-0.3, -0.25) is 4.79 Å². The van der Waals surface area contributed by atoms with Gasteiger partial charge in [-0.05, 0) is 42.1 Å². The van der Waals surface area contributed by atoms with Crippen LogP contribution < -0.4 is 0 Å². The Hall–Kier alpha value is -3.60. The average Bonchev–Trinajstić information content (AvgIpc) is 3.06. The van der Waals surface area contributed by atoms with Gasteiger partial charge in [0.25, 0.3) is 0 Å². The lowest BCUT2D eigenvalue weighted by Gasteiger charge is -2.34. The number of benzene rings is 2. The summed E-state index contributed by atoms with van der Waals surface area (Å²) in [6.45, 7) is 11.1. The number of hydrogen-bond donors (Lipinski definition) is 0. The quantitative estimate of drug-likeness (QED) is 0.0569. The van der Waals surface area contributed by atoms with E-state index in [0.717, 1.165) is 29.3 Å². The molecule has 0 heterocycles. The summed E-state index contributed by atoms with van der Waals surface area (Å²) in [5, 5.41) is 0. The van der Waals surface area contributed by atoms with Crippen molar-refractivity contribution >= 4 is 32.5 Å². The van der Waals surface area contributed by atoms with E-state index in [-0.39, 0.29) is 36.7 Å². The van der Waals surface area contributed by atoms with Gasteiger partial charge in [-0.2, -0.15) is 0 Å². The minimum absolute atomic E-state index is 0.00530. The molecule has 2 aromatic carbocycles.